The maximum absolute atomic E-state index is 5.93. The van der Waals surface area contributed by atoms with Crippen molar-refractivity contribution in [3.63, 3.8) is 0 Å². The second-order valence-electron chi connectivity index (χ2n) is 4.69. The highest BCUT2D eigenvalue weighted by Crippen LogP contribution is 2.38. The van der Waals surface area contributed by atoms with Gasteiger partial charge in [-0.3, -0.25) is 0 Å². The van der Waals surface area contributed by atoms with E-state index in [1.165, 1.54) is 12.8 Å². The van der Waals surface area contributed by atoms with Crippen LogP contribution in [0.1, 0.15) is 44.9 Å². The quantitative estimate of drug-likeness (QED) is 0.740. The van der Waals surface area contributed by atoms with Crippen molar-refractivity contribution in [2.45, 2.75) is 39.0 Å². The summed E-state index contributed by atoms with van der Waals surface area (Å²) in [7, 11) is 0. The van der Waals surface area contributed by atoms with E-state index in [1.54, 1.807) is 6.07 Å². The average molecular weight is 241 g/mol. The Kier molecular flexibility index (Phi) is 3.64. The molecule has 0 radical (unpaired) electrons. The largest absolute Gasteiger partial charge is 0.478 e. The first-order valence-corrected chi connectivity index (χ1v) is 6.20. The number of halogens is 1. The fraction of sp³-hybridized carbons (Fsp3) is 0.667. The SMILES string of the molecule is CC(C)CCOc1cc(Cl)nc(C2CC2)n1. The first-order chi connectivity index (χ1) is 7.65. The van der Waals surface area contributed by atoms with Crippen molar-refractivity contribution in [2.24, 2.45) is 5.92 Å². The second kappa shape index (κ2) is 5.00. The molecule has 0 atom stereocenters. The second-order valence-corrected chi connectivity index (χ2v) is 5.08. The lowest BCUT2D eigenvalue weighted by Crippen LogP contribution is -2.04. The minimum absolute atomic E-state index is 0.483. The van der Waals surface area contributed by atoms with Crippen molar-refractivity contribution in [3.8, 4) is 5.88 Å². The summed E-state index contributed by atoms with van der Waals surface area (Å²) in [6.07, 6.45) is 3.37. The number of nitrogens with zero attached hydrogens (tertiary/aromatic N) is 2. The third-order valence-corrected chi connectivity index (χ3v) is 2.77. The molecule has 1 aromatic heterocycles. The van der Waals surface area contributed by atoms with E-state index >= 15 is 0 Å². The molecule has 1 saturated carbocycles. The highest BCUT2D eigenvalue weighted by atomic mass is 35.5. The Morgan fingerprint density at radius 3 is 2.81 bits per heavy atom. The lowest BCUT2D eigenvalue weighted by atomic mass is 10.1. The van der Waals surface area contributed by atoms with Crippen molar-refractivity contribution < 1.29 is 4.74 Å². The van der Waals surface area contributed by atoms with Gasteiger partial charge in [-0.05, 0) is 25.2 Å². The summed E-state index contributed by atoms with van der Waals surface area (Å²) in [6.45, 7) is 5.03. The molecule has 0 saturated heterocycles. The molecule has 0 N–H and O–H groups in total. The molecule has 0 unspecified atom stereocenters. The Balaban J connectivity index is 1.97. The number of rotatable bonds is 5. The minimum atomic E-state index is 0.483. The molecule has 88 valence electrons. The zero-order valence-electron chi connectivity index (χ0n) is 9.74. The molecule has 0 spiro atoms. The maximum Gasteiger partial charge on any atom is 0.218 e. The smallest absolute Gasteiger partial charge is 0.218 e. The molecule has 1 heterocycles. The minimum Gasteiger partial charge on any atom is -0.478 e. The molecular formula is C12H17ClN2O. The lowest BCUT2D eigenvalue weighted by Gasteiger charge is -2.08. The van der Waals surface area contributed by atoms with Crippen LogP contribution in [0.4, 0.5) is 0 Å². The predicted molar refractivity (Wildman–Crippen MR) is 64.0 cm³/mol. The fourth-order valence-corrected chi connectivity index (χ4v) is 1.59. The van der Waals surface area contributed by atoms with Gasteiger partial charge < -0.3 is 4.74 Å². The zero-order chi connectivity index (χ0) is 11.5. The Bertz CT molecular complexity index is 364. The monoisotopic (exact) mass is 240 g/mol. The van der Waals surface area contributed by atoms with E-state index in [-0.39, 0.29) is 0 Å². The predicted octanol–water partition coefficient (Wildman–Crippen LogP) is 3.43. The van der Waals surface area contributed by atoms with Crippen molar-refractivity contribution in [2.75, 3.05) is 6.61 Å². The summed E-state index contributed by atoms with van der Waals surface area (Å²) in [6, 6.07) is 1.69. The summed E-state index contributed by atoms with van der Waals surface area (Å²) < 4.78 is 5.58. The molecule has 1 fully saturated rings. The van der Waals surface area contributed by atoms with Crippen molar-refractivity contribution in [3.05, 3.63) is 17.0 Å². The Morgan fingerprint density at radius 2 is 2.19 bits per heavy atom. The van der Waals surface area contributed by atoms with Crippen molar-refractivity contribution in [1.82, 2.24) is 9.97 Å². The van der Waals surface area contributed by atoms with Crippen LogP contribution < -0.4 is 4.74 Å². The van der Waals surface area contributed by atoms with Gasteiger partial charge in [0.2, 0.25) is 5.88 Å². The maximum atomic E-state index is 5.93. The third kappa shape index (κ3) is 3.34. The van der Waals surface area contributed by atoms with Gasteiger partial charge in [-0.15, -0.1) is 0 Å². The van der Waals surface area contributed by atoms with Gasteiger partial charge in [0, 0.05) is 12.0 Å². The van der Waals surface area contributed by atoms with E-state index in [1.807, 2.05) is 0 Å². The van der Waals surface area contributed by atoms with E-state index < -0.39 is 0 Å². The molecular weight excluding hydrogens is 224 g/mol. The van der Waals surface area contributed by atoms with Crippen LogP contribution in [0.25, 0.3) is 0 Å². The molecule has 3 nitrogen and oxygen atoms in total. The summed E-state index contributed by atoms with van der Waals surface area (Å²) in [5.74, 6) is 2.60. The van der Waals surface area contributed by atoms with Gasteiger partial charge in [0.05, 0.1) is 6.61 Å². The van der Waals surface area contributed by atoms with E-state index in [9.17, 15) is 0 Å². The van der Waals surface area contributed by atoms with Crippen LogP contribution in [-0.2, 0) is 0 Å². The summed E-state index contributed by atoms with van der Waals surface area (Å²) >= 11 is 5.93. The first kappa shape index (κ1) is 11.6. The normalized spacial score (nSPS) is 15.5. The molecule has 0 bridgehead atoms. The zero-order valence-corrected chi connectivity index (χ0v) is 10.5. The van der Waals surface area contributed by atoms with E-state index in [4.69, 9.17) is 16.3 Å². The molecule has 2 rings (SSSR count). The van der Waals surface area contributed by atoms with Gasteiger partial charge in [0.1, 0.15) is 11.0 Å². The van der Waals surface area contributed by atoms with Gasteiger partial charge in [0.15, 0.2) is 0 Å². The number of hydrogen-bond acceptors (Lipinski definition) is 3. The van der Waals surface area contributed by atoms with Crippen LogP contribution in [0.15, 0.2) is 6.07 Å². The number of aromatic nitrogens is 2. The van der Waals surface area contributed by atoms with Gasteiger partial charge in [-0.1, -0.05) is 25.4 Å². The molecule has 0 amide bonds. The van der Waals surface area contributed by atoms with Crippen LogP contribution in [0.5, 0.6) is 5.88 Å². The Morgan fingerprint density at radius 1 is 1.44 bits per heavy atom. The standard InChI is InChI=1S/C12H17ClN2O/c1-8(2)5-6-16-11-7-10(13)14-12(15-11)9-3-4-9/h7-9H,3-6H2,1-2H3. The Hall–Kier alpha value is -0.830. The lowest BCUT2D eigenvalue weighted by molar-refractivity contribution is 0.278. The molecule has 0 aromatic carbocycles. The van der Waals surface area contributed by atoms with Gasteiger partial charge >= 0.3 is 0 Å². The molecule has 1 aliphatic carbocycles. The van der Waals surface area contributed by atoms with Gasteiger partial charge in [-0.2, -0.15) is 4.98 Å². The average Bonchev–Trinajstić information content (AvgIpc) is 2.99. The van der Waals surface area contributed by atoms with E-state index in [2.05, 4.69) is 23.8 Å². The summed E-state index contributed by atoms with van der Waals surface area (Å²) in [5.41, 5.74) is 0. The van der Waals surface area contributed by atoms with E-state index in [0.717, 1.165) is 12.2 Å². The number of hydrogen-bond donors (Lipinski definition) is 0. The summed E-state index contributed by atoms with van der Waals surface area (Å²) in [4.78, 5) is 8.59. The van der Waals surface area contributed by atoms with Crippen LogP contribution in [-0.4, -0.2) is 16.6 Å². The number of ether oxygens (including phenoxy) is 1. The molecule has 16 heavy (non-hydrogen) atoms. The van der Waals surface area contributed by atoms with Crippen molar-refractivity contribution in [1.29, 1.82) is 0 Å². The summed E-state index contributed by atoms with van der Waals surface area (Å²) in [5, 5.41) is 0.483. The Labute approximate surface area is 101 Å². The molecule has 1 aromatic rings. The van der Waals surface area contributed by atoms with Crippen LogP contribution in [0.2, 0.25) is 5.15 Å². The third-order valence-electron chi connectivity index (χ3n) is 2.58. The van der Waals surface area contributed by atoms with Crippen LogP contribution >= 0.6 is 11.6 Å². The van der Waals surface area contributed by atoms with Gasteiger partial charge in [-0.25, -0.2) is 4.98 Å². The highest BCUT2D eigenvalue weighted by Gasteiger charge is 2.27. The topological polar surface area (TPSA) is 35.0 Å². The highest BCUT2D eigenvalue weighted by molar-refractivity contribution is 6.29. The van der Waals surface area contributed by atoms with Gasteiger partial charge in [0.25, 0.3) is 0 Å². The molecule has 0 aliphatic heterocycles. The van der Waals surface area contributed by atoms with Crippen LogP contribution in [0, 0.1) is 5.92 Å². The fourth-order valence-electron chi connectivity index (χ4n) is 1.41. The van der Waals surface area contributed by atoms with Crippen LogP contribution in [0.3, 0.4) is 0 Å². The molecule has 1 aliphatic rings. The van der Waals surface area contributed by atoms with Crippen molar-refractivity contribution >= 4 is 11.6 Å². The first-order valence-electron chi connectivity index (χ1n) is 5.82. The molecule has 4 heteroatoms. The van der Waals surface area contributed by atoms with E-state index in [0.29, 0.717) is 29.5 Å².